The number of rotatable bonds is 8. The van der Waals surface area contributed by atoms with Gasteiger partial charge >= 0.3 is 0 Å². The zero-order valence-electron chi connectivity index (χ0n) is 14.1. The summed E-state index contributed by atoms with van der Waals surface area (Å²) in [6, 6.07) is 2.85. The number of hydrogen-bond donors (Lipinski definition) is 2. The third-order valence-corrected chi connectivity index (χ3v) is 4.23. The second-order valence-corrected chi connectivity index (χ2v) is 6.43. The Balaban J connectivity index is 2.79. The summed E-state index contributed by atoms with van der Waals surface area (Å²) in [6.07, 6.45) is 0. The molecule has 0 saturated heterocycles. The van der Waals surface area contributed by atoms with E-state index in [1.165, 1.54) is 16.2 Å². The van der Waals surface area contributed by atoms with Crippen LogP contribution in [-0.4, -0.2) is 48.3 Å². The molecule has 0 aliphatic rings. The van der Waals surface area contributed by atoms with E-state index in [4.69, 9.17) is 0 Å². The van der Waals surface area contributed by atoms with Gasteiger partial charge < -0.3 is 15.5 Å². The third-order valence-electron chi connectivity index (χ3n) is 3.37. The molecule has 3 amide bonds. The van der Waals surface area contributed by atoms with Crippen LogP contribution >= 0.6 is 11.3 Å². The second-order valence-electron chi connectivity index (χ2n) is 5.48. The average molecular weight is 339 g/mol. The number of nitrogens with zero attached hydrogens (tertiary/aromatic N) is 1. The molecule has 1 heterocycles. The molecule has 128 valence electrons. The van der Waals surface area contributed by atoms with E-state index in [1.807, 2.05) is 33.1 Å². The number of carbonyl (C=O) groups is 3. The maximum absolute atomic E-state index is 12.7. The van der Waals surface area contributed by atoms with Gasteiger partial charge in [0, 0.05) is 13.1 Å². The summed E-state index contributed by atoms with van der Waals surface area (Å²) in [4.78, 5) is 38.7. The molecule has 0 bridgehead atoms. The van der Waals surface area contributed by atoms with Crippen molar-refractivity contribution in [2.45, 2.75) is 33.7 Å². The summed E-state index contributed by atoms with van der Waals surface area (Å²) in [7, 11) is 0. The lowest BCUT2D eigenvalue weighted by molar-refractivity contribution is -0.138. The largest absolute Gasteiger partial charge is 0.355 e. The first-order valence-electron chi connectivity index (χ1n) is 7.80. The summed E-state index contributed by atoms with van der Waals surface area (Å²) < 4.78 is 0. The topological polar surface area (TPSA) is 78.5 Å². The fourth-order valence-corrected chi connectivity index (χ4v) is 2.73. The number of amides is 3. The van der Waals surface area contributed by atoms with E-state index in [-0.39, 0.29) is 30.2 Å². The van der Waals surface area contributed by atoms with Crippen molar-refractivity contribution < 1.29 is 14.4 Å². The van der Waals surface area contributed by atoms with Gasteiger partial charge in [0.1, 0.15) is 6.04 Å². The van der Waals surface area contributed by atoms with E-state index in [0.29, 0.717) is 18.0 Å². The standard InChI is InChI=1S/C16H25N3O3S/c1-5-17-13(20)10-19(6-2)16(22)14(11(3)4)18-15(21)12-8-7-9-23-12/h7-9,11,14H,5-6,10H2,1-4H3,(H,17,20)(H,18,21). The summed E-state index contributed by atoms with van der Waals surface area (Å²) >= 11 is 1.33. The highest BCUT2D eigenvalue weighted by molar-refractivity contribution is 7.12. The van der Waals surface area contributed by atoms with Crippen LogP contribution in [-0.2, 0) is 9.59 Å². The van der Waals surface area contributed by atoms with Crippen molar-refractivity contribution in [3.05, 3.63) is 22.4 Å². The van der Waals surface area contributed by atoms with Crippen molar-refractivity contribution in [3.63, 3.8) is 0 Å². The first kappa shape index (κ1) is 19.2. The number of hydrogen-bond acceptors (Lipinski definition) is 4. The van der Waals surface area contributed by atoms with Crippen molar-refractivity contribution in [1.29, 1.82) is 0 Å². The van der Waals surface area contributed by atoms with E-state index < -0.39 is 6.04 Å². The number of thiophene rings is 1. The lowest BCUT2D eigenvalue weighted by Gasteiger charge is -2.28. The van der Waals surface area contributed by atoms with Crippen molar-refractivity contribution in [2.24, 2.45) is 5.92 Å². The molecule has 0 saturated carbocycles. The Morgan fingerprint density at radius 3 is 2.43 bits per heavy atom. The van der Waals surface area contributed by atoms with Gasteiger partial charge in [-0.25, -0.2) is 0 Å². The molecule has 1 unspecified atom stereocenters. The highest BCUT2D eigenvalue weighted by Gasteiger charge is 2.29. The second kappa shape index (κ2) is 9.29. The van der Waals surface area contributed by atoms with Crippen molar-refractivity contribution in [3.8, 4) is 0 Å². The number of carbonyl (C=O) groups excluding carboxylic acids is 3. The van der Waals surface area contributed by atoms with Gasteiger partial charge in [-0.1, -0.05) is 19.9 Å². The van der Waals surface area contributed by atoms with E-state index in [0.717, 1.165) is 0 Å². The summed E-state index contributed by atoms with van der Waals surface area (Å²) in [5.41, 5.74) is 0. The number of likely N-dealkylation sites (N-methyl/N-ethyl adjacent to an activating group) is 2. The van der Waals surface area contributed by atoms with Crippen molar-refractivity contribution in [2.75, 3.05) is 19.6 Å². The molecule has 2 N–H and O–H groups in total. The van der Waals surface area contributed by atoms with Crippen LogP contribution in [0.25, 0.3) is 0 Å². The third kappa shape index (κ3) is 5.67. The Labute approximate surface area is 141 Å². The van der Waals surface area contributed by atoms with Crippen LogP contribution in [0.2, 0.25) is 0 Å². The minimum atomic E-state index is -0.654. The first-order chi connectivity index (χ1) is 10.9. The van der Waals surface area contributed by atoms with E-state index in [9.17, 15) is 14.4 Å². The molecule has 1 aromatic rings. The van der Waals surface area contributed by atoms with Gasteiger partial charge in [0.05, 0.1) is 11.4 Å². The van der Waals surface area contributed by atoms with Crippen LogP contribution in [0.4, 0.5) is 0 Å². The van der Waals surface area contributed by atoms with Gasteiger partial charge in [-0.05, 0) is 31.2 Å². The highest BCUT2D eigenvalue weighted by atomic mass is 32.1. The van der Waals surface area contributed by atoms with Crippen LogP contribution in [0.15, 0.2) is 17.5 Å². The Morgan fingerprint density at radius 2 is 1.96 bits per heavy atom. The minimum absolute atomic E-state index is 0.00126. The summed E-state index contributed by atoms with van der Waals surface area (Å²) in [5.74, 6) is -0.774. The zero-order valence-corrected chi connectivity index (χ0v) is 14.9. The molecule has 0 aliphatic carbocycles. The molecular formula is C16H25N3O3S. The highest BCUT2D eigenvalue weighted by Crippen LogP contribution is 2.12. The Morgan fingerprint density at radius 1 is 1.26 bits per heavy atom. The van der Waals surface area contributed by atoms with Crippen LogP contribution in [0.3, 0.4) is 0 Å². The van der Waals surface area contributed by atoms with E-state index in [1.54, 1.807) is 12.1 Å². The van der Waals surface area contributed by atoms with Crippen molar-refractivity contribution in [1.82, 2.24) is 15.5 Å². The quantitative estimate of drug-likeness (QED) is 0.753. The number of nitrogens with one attached hydrogen (secondary N) is 2. The first-order valence-corrected chi connectivity index (χ1v) is 8.68. The fourth-order valence-electron chi connectivity index (χ4n) is 2.10. The molecule has 0 aromatic carbocycles. The van der Waals surface area contributed by atoms with Gasteiger partial charge in [-0.15, -0.1) is 11.3 Å². The van der Waals surface area contributed by atoms with Crippen LogP contribution in [0.5, 0.6) is 0 Å². The van der Waals surface area contributed by atoms with Gasteiger partial charge in [0.2, 0.25) is 11.8 Å². The molecule has 1 rings (SSSR count). The monoisotopic (exact) mass is 339 g/mol. The van der Waals surface area contributed by atoms with Gasteiger partial charge in [0.15, 0.2) is 0 Å². The van der Waals surface area contributed by atoms with Crippen molar-refractivity contribution >= 4 is 29.1 Å². The van der Waals surface area contributed by atoms with E-state index >= 15 is 0 Å². The predicted octanol–water partition coefficient (Wildman–Crippen LogP) is 1.49. The molecule has 1 atom stereocenters. The normalized spacial score (nSPS) is 11.9. The van der Waals surface area contributed by atoms with Crippen LogP contribution in [0, 0.1) is 5.92 Å². The average Bonchev–Trinajstić information content (AvgIpc) is 3.03. The molecule has 0 radical (unpaired) electrons. The SMILES string of the molecule is CCNC(=O)CN(CC)C(=O)C(NC(=O)c1cccs1)C(C)C. The molecule has 7 heteroatoms. The molecule has 6 nitrogen and oxygen atoms in total. The van der Waals surface area contributed by atoms with Gasteiger partial charge in [-0.2, -0.15) is 0 Å². The predicted molar refractivity (Wildman–Crippen MR) is 91.3 cm³/mol. The molecule has 0 spiro atoms. The van der Waals surface area contributed by atoms with E-state index in [2.05, 4.69) is 10.6 Å². The lowest BCUT2D eigenvalue weighted by Crippen LogP contribution is -2.53. The zero-order chi connectivity index (χ0) is 17.4. The maximum Gasteiger partial charge on any atom is 0.262 e. The van der Waals surface area contributed by atoms with Crippen LogP contribution in [0.1, 0.15) is 37.4 Å². The molecule has 1 aromatic heterocycles. The smallest absolute Gasteiger partial charge is 0.262 e. The van der Waals surface area contributed by atoms with Gasteiger partial charge in [-0.3, -0.25) is 14.4 Å². The molecular weight excluding hydrogens is 314 g/mol. The Bertz CT molecular complexity index is 529. The summed E-state index contributed by atoms with van der Waals surface area (Å²) in [6.45, 7) is 8.32. The van der Waals surface area contributed by atoms with Crippen LogP contribution < -0.4 is 10.6 Å². The molecule has 0 fully saturated rings. The fraction of sp³-hybridized carbons (Fsp3) is 0.562. The Hall–Kier alpha value is -1.89. The lowest BCUT2D eigenvalue weighted by atomic mass is 10.0. The Kier molecular flexibility index (Phi) is 7.74. The maximum atomic E-state index is 12.7. The molecule has 0 aliphatic heterocycles. The van der Waals surface area contributed by atoms with Gasteiger partial charge in [0.25, 0.3) is 5.91 Å². The minimum Gasteiger partial charge on any atom is -0.355 e. The summed E-state index contributed by atoms with van der Waals surface area (Å²) in [5, 5.41) is 7.28. The molecule has 23 heavy (non-hydrogen) atoms.